The minimum Gasteiger partial charge on any atom is -0.408 e. The first-order valence-corrected chi connectivity index (χ1v) is 4.65. The Labute approximate surface area is 89.9 Å². The molecule has 86 valence electrons. The number of hydrogen-bond donors (Lipinski definition) is 3. The average molecular weight is 225 g/mol. The SMILES string of the molecule is CNc1nc2c(ncn2OCCO)c(=O)[nH]1. The zero-order chi connectivity index (χ0) is 11.5. The van der Waals surface area contributed by atoms with Crippen molar-refractivity contribution >= 4 is 17.1 Å². The number of aliphatic hydroxyl groups is 1. The molecule has 0 atom stereocenters. The summed E-state index contributed by atoms with van der Waals surface area (Å²) in [5, 5.41) is 11.4. The standard InChI is InChI=1S/C8H11N5O3/c1-9-8-11-6-5(7(15)12-8)10-4-13(6)16-3-2-14/h4,14H,2-3H2,1H3,(H2,9,11,12,15). The quantitative estimate of drug-likeness (QED) is 0.590. The average Bonchev–Trinajstić information content (AvgIpc) is 2.70. The Morgan fingerprint density at radius 1 is 1.69 bits per heavy atom. The van der Waals surface area contributed by atoms with E-state index in [1.165, 1.54) is 11.1 Å². The van der Waals surface area contributed by atoms with Crippen LogP contribution >= 0.6 is 0 Å². The first-order valence-electron chi connectivity index (χ1n) is 4.65. The molecule has 16 heavy (non-hydrogen) atoms. The molecule has 2 heterocycles. The summed E-state index contributed by atoms with van der Waals surface area (Å²) in [7, 11) is 1.64. The van der Waals surface area contributed by atoms with E-state index < -0.39 is 0 Å². The number of anilines is 1. The molecule has 8 nitrogen and oxygen atoms in total. The number of nitrogens with zero attached hydrogens (tertiary/aromatic N) is 3. The molecule has 0 aliphatic heterocycles. The van der Waals surface area contributed by atoms with Gasteiger partial charge in [0, 0.05) is 7.05 Å². The van der Waals surface area contributed by atoms with Gasteiger partial charge in [0.15, 0.2) is 5.52 Å². The van der Waals surface area contributed by atoms with Gasteiger partial charge in [0.05, 0.1) is 6.61 Å². The second-order valence-electron chi connectivity index (χ2n) is 2.96. The summed E-state index contributed by atoms with van der Waals surface area (Å²) in [5.41, 5.74) is 0.152. The highest BCUT2D eigenvalue weighted by Crippen LogP contribution is 2.05. The molecule has 2 rings (SSSR count). The first-order chi connectivity index (χ1) is 7.76. The van der Waals surface area contributed by atoms with E-state index in [4.69, 9.17) is 9.94 Å². The summed E-state index contributed by atoms with van der Waals surface area (Å²) in [6, 6.07) is 0. The highest BCUT2D eigenvalue weighted by molar-refractivity contribution is 5.70. The summed E-state index contributed by atoms with van der Waals surface area (Å²) in [6.07, 6.45) is 1.34. The summed E-state index contributed by atoms with van der Waals surface area (Å²) in [6.45, 7) is -0.0173. The Bertz CT molecular complexity index is 546. The van der Waals surface area contributed by atoms with Crippen LogP contribution in [0.5, 0.6) is 0 Å². The minimum atomic E-state index is -0.347. The maximum atomic E-state index is 11.5. The van der Waals surface area contributed by atoms with Gasteiger partial charge in [-0.3, -0.25) is 9.78 Å². The molecule has 0 aliphatic rings. The second kappa shape index (κ2) is 4.19. The highest BCUT2D eigenvalue weighted by atomic mass is 16.7. The van der Waals surface area contributed by atoms with Crippen LogP contribution in [0.15, 0.2) is 11.1 Å². The Hall–Kier alpha value is -2.09. The van der Waals surface area contributed by atoms with Gasteiger partial charge >= 0.3 is 0 Å². The second-order valence-corrected chi connectivity index (χ2v) is 2.96. The van der Waals surface area contributed by atoms with E-state index in [1.54, 1.807) is 7.05 Å². The van der Waals surface area contributed by atoms with Crippen LogP contribution in [0.25, 0.3) is 11.2 Å². The van der Waals surface area contributed by atoms with E-state index >= 15 is 0 Å². The van der Waals surface area contributed by atoms with Gasteiger partial charge in [-0.15, -0.1) is 0 Å². The topological polar surface area (TPSA) is 105 Å². The summed E-state index contributed by atoms with van der Waals surface area (Å²) in [4.78, 5) is 27.1. The lowest BCUT2D eigenvalue weighted by molar-refractivity contribution is 0.0812. The number of hydrogen-bond acceptors (Lipinski definition) is 6. The third kappa shape index (κ3) is 1.70. The molecule has 0 fully saturated rings. The van der Waals surface area contributed by atoms with Crippen LogP contribution in [0.4, 0.5) is 5.95 Å². The third-order valence-electron chi connectivity index (χ3n) is 1.94. The molecule has 2 aromatic rings. The highest BCUT2D eigenvalue weighted by Gasteiger charge is 2.10. The summed E-state index contributed by atoms with van der Waals surface area (Å²) < 4.78 is 1.25. The molecule has 0 radical (unpaired) electrons. The van der Waals surface area contributed by atoms with E-state index in [1.807, 2.05) is 0 Å². The van der Waals surface area contributed by atoms with Crippen molar-refractivity contribution < 1.29 is 9.94 Å². The van der Waals surface area contributed by atoms with Crippen molar-refractivity contribution in [3.8, 4) is 0 Å². The van der Waals surface area contributed by atoms with Crippen molar-refractivity contribution in [1.29, 1.82) is 0 Å². The monoisotopic (exact) mass is 225 g/mol. The smallest absolute Gasteiger partial charge is 0.280 e. The van der Waals surface area contributed by atoms with Crippen LogP contribution in [-0.2, 0) is 0 Å². The van der Waals surface area contributed by atoms with Crippen LogP contribution in [0, 0.1) is 0 Å². The zero-order valence-corrected chi connectivity index (χ0v) is 8.60. The summed E-state index contributed by atoms with van der Waals surface area (Å²) in [5.74, 6) is 0.326. The van der Waals surface area contributed by atoms with E-state index in [0.29, 0.717) is 11.6 Å². The number of nitrogens with one attached hydrogen (secondary N) is 2. The fourth-order valence-corrected chi connectivity index (χ4v) is 1.24. The molecule has 0 unspecified atom stereocenters. The third-order valence-corrected chi connectivity index (χ3v) is 1.94. The van der Waals surface area contributed by atoms with Crippen LogP contribution in [0.2, 0.25) is 0 Å². The van der Waals surface area contributed by atoms with E-state index in [0.717, 1.165) is 0 Å². The van der Waals surface area contributed by atoms with Gasteiger partial charge in [0.25, 0.3) is 5.56 Å². The Kier molecular flexibility index (Phi) is 2.73. The number of fused-ring (bicyclic) bond motifs is 1. The molecule has 0 bridgehead atoms. The molecular weight excluding hydrogens is 214 g/mol. The largest absolute Gasteiger partial charge is 0.408 e. The van der Waals surface area contributed by atoms with Crippen molar-refractivity contribution in [2.24, 2.45) is 0 Å². The molecule has 0 saturated heterocycles. The molecule has 2 aromatic heterocycles. The van der Waals surface area contributed by atoms with Crippen LogP contribution in [0.1, 0.15) is 0 Å². The number of imidazole rings is 1. The van der Waals surface area contributed by atoms with Gasteiger partial charge in [-0.05, 0) is 0 Å². The van der Waals surface area contributed by atoms with Gasteiger partial charge in [0.1, 0.15) is 12.9 Å². The Morgan fingerprint density at radius 2 is 2.50 bits per heavy atom. The predicted octanol–water partition coefficient (Wildman–Crippen LogP) is -1.42. The molecule has 8 heteroatoms. The fraction of sp³-hybridized carbons (Fsp3) is 0.375. The maximum absolute atomic E-state index is 11.5. The number of aliphatic hydroxyl groups excluding tert-OH is 1. The molecule has 0 aliphatic carbocycles. The normalized spacial score (nSPS) is 10.6. The summed E-state index contributed by atoms with van der Waals surface area (Å²) >= 11 is 0. The van der Waals surface area contributed by atoms with Crippen molar-refractivity contribution in [2.75, 3.05) is 25.6 Å². The molecule has 0 aromatic carbocycles. The number of rotatable bonds is 4. The van der Waals surface area contributed by atoms with Crippen molar-refractivity contribution in [3.63, 3.8) is 0 Å². The molecule has 0 saturated carbocycles. The van der Waals surface area contributed by atoms with Crippen molar-refractivity contribution in [3.05, 3.63) is 16.7 Å². The molecule has 3 N–H and O–H groups in total. The lowest BCUT2D eigenvalue weighted by atomic mass is 10.5. The number of aromatic nitrogens is 4. The lowest BCUT2D eigenvalue weighted by Crippen LogP contribution is -2.17. The fourth-order valence-electron chi connectivity index (χ4n) is 1.24. The Morgan fingerprint density at radius 3 is 3.19 bits per heavy atom. The van der Waals surface area contributed by atoms with Gasteiger partial charge in [-0.25, -0.2) is 4.98 Å². The molecule has 0 amide bonds. The van der Waals surface area contributed by atoms with Gasteiger partial charge < -0.3 is 15.3 Å². The first kappa shape index (κ1) is 10.4. The Balaban J connectivity index is 2.52. The van der Waals surface area contributed by atoms with Gasteiger partial charge in [-0.2, -0.15) is 9.71 Å². The van der Waals surface area contributed by atoms with Gasteiger partial charge in [0.2, 0.25) is 11.6 Å². The van der Waals surface area contributed by atoms with E-state index in [-0.39, 0.29) is 24.3 Å². The predicted molar refractivity (Wildman–Crippen MR) is 56.2 cm³/mol. The van der Waals surface area contributed by atoms with E-state index in [2.05, 4.69) is 20.3 Å². The van der Waals surface area contributed by atoms with Crippen LogP contribution < -0.4 is 15.7 Å². The minimum absolute atomic E-state index is 0.106. The van der Waals surface area contributed by atoms with Gasteiger partial charge in [-0.1, -0.05) is 0 Å². The van der Waals surface area contributed by atoms with E-state index in [9.17, 15) is 4.79 Å². The molecule has 0 spiro atoms. The maximum Gasteiger partial charge on any atom is 0.280 e. The van der Waals surface area contributed by atoms with Crippen molar-refractivity contribution in [1.82, 2.24) is 19.7 Å². The van der Waals surface area contributed by atoms with Crippen molar-refractivity contribution in [2.45, 2.75) is 0 Å². The van der Waals surface area contributed by atoms with Crippen LogP contribution in [-0.4, -0.2) is 45.1 Å². The number of H-pyrrole nitrogens is 1. The molecular formula is C8H11N5O3. The lowest BCUT2D eigenvalue weighted by Gasteiger charge is -2.04. The number of aromatic amines is 1. The zero-order valence-electron chi connectivity index (χ0n) is 8.60. The van der Waals surface area contributed by atoms with Crippen LogP contribution in [0.3, 0.4) is 0 Å².